The molecule has 1 nitrogen and oxygen atoms in total. The van der Waals surface area contributed by atoms with E-state index in [1.807, 2.05) is 13.8 Å². The Labute approximate surface area is 66.0 Å². The SMILES string of the molecule is CC(C)c1cc(N)ccc1F. The van der Waals surface area contributed by atoms with Gasteiger partial charge in [0.15, 0.2) is 0 Å². The molecular weight excluding hydrogens is 141 g/mol. The van der Waals surface area contributed by atoms with Crippen molar-refractivity contribution in [1.82, 2.24) is 0 Å². The van der Waals surface area contributed by atoms with E-state index in [4.69, 9.17) is 5.73 Å². The van der Waals surface area contributed by atoms with Gasteiger partial charge in [0.05, 0.1) is 0 Å². The molecule has 2 N–H and O–H groups in total. The van der Waals surface area contributed by atoms with Crippen LogP contribution in [0.4, 0.5) is 10.1 Å². The molecule has 0 bridgehead atoms. The quantitative estimate of drug-likeness (QED) is 0.616. The van der Waals surface area contributed by atoms with Crippen molar-refractivity contribution in [3.8, 4) is 0 Å². The van der Waals surface area contributed by atoms with Crippen LogP contribution in [0.5, 0.6) is 0 Å². The summed E-state index contributed by atoms with van der Waals surface area (Å²) in [5.41, 5.74) is 6.80. The number of rotatable bonds is 1. The standard InChI is InChI=1S/C9H12FN/c1-6(2)8-5-7(11)3-4-9(8)10/h3-6H,11H2,1-2H3. The summed E-state index contributed by atoms with van der Waals surface area (Å²) in [5.74, 6) is 0.0210. The van der Waals surface area contributed by atoms with Crippen molar-refractivity contribution in [3.63, 3.8) is 0 Å². The maximum atomic E-state index is 13.0. The van der Waals surface area contributed by atoms with Gasteiger partial charge >= 0.3 is 0 Å². The minimum Gasteiger partial charge on any atom is -0.399 e. The molecule has 0 aromatic heterocycles. The third kappa shape index (κ3) is 1.70. The fourth-order valence-electron chi connectivity index (χ4n) is 1.00. The average Bonchev–Trinajstić information content (AvgIpc) is 1.94. The first-order valence-electron chi connectivity index (χ1n) is 3.66. The number of anilines is 1. The molecule has 0 heterocycles. The summed E-state index contributed by atoms with van der Waals surface area (Å²) in [7, 11) is 0. The maximum absolute atomic E-state index is 13.0. The van der Waals surface area contributed by atoms with Crippen LogP contribution in [0.2, 0.25) is 0 Å². The summed E-state index contributed by atoms with van der Waals surface area (Å²) >= 11 is 0. The zero-order valence-electron chi connectivity index (χ0n) is 6.76. The summed E-state index contributed by atoms with van der Waals surface area (Å²) in [6, 6.07) is 4.66. The molecule has 0 atom stereocenters. The molecule has 0 saturated heterocycles. The summed E-state index contributed by atoms with van der Waals surface area (Å²) in [4.78, 5) is 0. The second-order valence-corrected chi connectivity index (χ2v) is 2.94. The van der Waals surface area contributed by atoms with E-state index in [9.17, 15) is 4.39 Å². The van der Waals surface area contributed by atoms with Crippen LogP contribution in [0.15, 0.2) is 18.2 Å². The van der Waals surface area contributed by atoms with Gasteiger partial charge in [0, 0.05) is 5.69 Å². The third-order valence-electron chi connectivity index (χ3n) is 1.64. The normalized spacial score (nSPS) is 10.5. The van der Waals surface area contributed by atoms with Gasteiger partial charge in [0.2, 0.25) is 0 Å². The predicted octanol–water partition coefficient (Wildman–Crippen LogP) is 2.53. The van der Waals surface area contributed by atoms with Crippen molar-refractivity contribution < 1.29 is 4.39 Å². The van der Waals surface area contributed by atoms with E-state index in [0.717, 1.165) is 0 Å². The van der Waals surface area contributed by atoms with Gasteiger partial charge in [-0.1, -0.05) is 13.8 Å². The number of nitrogens with two attached hydrogens (primary N) is 1. The maximum Gasteiger partial charge on any atom is 0.126 e. The zero-order valence-corrected chi connectivity index (χ0v) is 6.76. The van der Waals surface area contributed by atoms with Crippen LogP contribution in [0.1, 0.15) is 25.3 Å². The van der Waals surface area contributed by atoms with E-state index >= 15 is 0 Å². The minimum atomic E-state index is -0.172. The van der Waals surface area contributed by atoms with Crippen LogP contribution in [-0.2, 0) is 0 Å². The molecule has 0 spiro atoms. The van der Waals surface area contributed by atoms with Crippen LogP contribution < -0.4 is 5.73 Å². The molecule has 0 amide bonds. The number of halogens is 1. The Morgan fingerprint density at radius 2 is 2.00 bits per heavy atom. The average molecular weight is 153 g/mol. The molecule has 1 aromatic rings. The van der Waals surface area contributed by atoms with Gasteiger partial charge in [-0.15, -0.1) is 0 Å². The number of benzene rings is 1. The molecule has 60 valence electrons. The molecule has 2 heteroatoms. The first-order valence-corrected chi connectivity index (χ1v) is 3.66. The van der Waals surface area contributed by atoms with Gasteiger partial charge < -0.3 is 5.73 Å². The molecular formula is C9H12FN. The number of nitrogen functional groups attached to an aromatic ring is 1. The van der Waals surface area contributed by atoms with Gasteiger partial charge in [-0.3, -0.25) is 0 Å². The van der Waals surface area contributed by atoms with Gasteiger partial charge in [-0.05, 0) is 29.7 Å². The lowest BCUT2D eigenvalue weighted by Crippen LogP contribution is -1.95. The number of hydrogen-bond donors (Lipinski definition) is 1. The first-order chi connectivity index (χ1) is 5.11. The summed E-state index contributed by atoms with van der Waals surface area (Å²) < 4.78 is 13.0. The largest absolute Gasteiger partial charge is 0.399 e. The molecule has 0 saturated carbocycles. The Hall–Kier alpha value is -1.05. The van der Waals surface area contributed by atoms with E-state index in [1.54, 1.807) is 12.1 Å². The lowest BCUT2D eigenvalue weighted by Gasteiger charge is -2.06. The van der Waals surface area contributed by atoms with Crippen molar-refractivity contribution >= 4 is 5.69 Å². The lowest BCUT2D eigenvalue weighted by molar-refractivity contribution is 0.598. The van der Waals surface area contributed by atoms with Crippen LogP contribution >= 0.6 is 0 Å². The van der Waals surface area contributed by atoms with Gasteiger partial charge in [-0.25, -0.2) is 4.39 Å². The minimum absolute atomic E-state index is 0.172. The van der Waals surface area contributed by atoms with Crippen LogP contribution in [0, 0.1) is 5.82 Å². The van der Waals surface area contributed by atoms with Gasteiger partial charge in [-0.2, -0.15) is 0 Å². The van der Waals surface area contributed by atoms with Gasteiger partial charge in [0.1, 0.15) is 5.82 Å². The Kier molecular flexibility index (Phi) is 2.13. The molecule has 0 aliphatic carbocycles. The monoisotopic (exact) mass is 153 g/mol. The number of hydrogen-bond acceptors (Lipinski definition) is 1. The molecule has 0 fully saturated rings. The Morgan fingerprint density at radius 1 is 1.36 bits per heavy atom. The highest BCUT2D eigenvalue weighted by molar-refractivity contribution is 5.42. The van der Waals surface area contributed by atoms with Crippen molar-refractivity contribution in [2.45, 2.75) is 19.8 Å². The van der Waals surface area contributed by atoms with Crippen molar-refractivity contribution in [3.05, 3.63) is 29.6 Å². The first kappa shape index (κ1) is 8.05. The highest BCUT2D eigenvalue weighted by atomic mass is 19.1. The Balaban J connectivity index is 3.13. The molecule has 0 radical (unpaired) electrons. The lowest BCUT2D eigenvalue weighted by atomic mass is 10.0. The third-order valence-corrected chi connectivity index (χ3v) is 1.64. The van der Waals surface area contributed by atoms with E-state index in [1.165, 1.54) is 6.07 Å². The van der Waals surface area contributed by atoms with E-state index in [2.05, 4.69) is 0 Å². The fraction of sp³-hybridized carbons (Fsp3) is 0.333. The summed E-state index contributed by atoms with van der Waals surface area (Å²) in [6.07, 6.45) is 0. The summed E-state index contributed by atoms with van der Waals surface area (Å²) in [6.45, 7) is 3.88. The molecule has 0 unspecified atom stereocenters. The Bertz CT molecular complexity index is 256. The van der Waals surface area contributed by atoms with Crippen molar-refractivity contribution in [1.29, 1.82) is 0 Å². The second kappa shape index (κ2) is 2.91. The molecule has 1 aromatic carbocycles. The van der Waals surface area contributed by atoms with Gasteiger partial charge in [0.25, 0.3) is 0 Å². The smallest absolute Gasteiger partial charge is 0.126 e. The van der Waals surface area contributed by atoms with E-state index in [0.29, 0.717) is 11.3 Å². The predicted molar refractivity (Wildman–Crippen MR) is 44.9 cm³/mol. The van der Waals surface area contributed by atoms with Crippen molar-refractivity contribution in [2.75, 3.05) is 5.73 Å². The van der Waals surface area contributed by atoms with Crippen LogP contribution in [0.3, 0.4) is 0 Å². The molecule has 0 aliphatic heterocycles. The second-order valence-electron chi connectivity index (χ2n) is 2.94. The van der Waals surface area contributed by atoms with Crippen LogP contribution in [0.25, 0.3) is 0 Å². The van der Waals surface area contributed by atoms with E-state index < -0.39 is 0 Å². The van der Waals surface area contributed by atoms with E-state index in [-0.39, 0.29) is 11.7 Å². The topological polar surface area (TPSA) is 26.0 Å². The molecule has 1 rings (SSSR count). The highest BCUT2D eigenvalue weighted by Crippen LogP contribution is 2.20. The molecule has 11 heavy (non-hydrogen) atoms. The fourth-order valence-corrected chi connectivity index (χ4v) is 1.00. The summed E-state index contributed by atoms with van der Waals surface area (Å²) in [5, 5.41) is 0. The Morgan fingerprint density at radius 3 is 2.45 bits per heavy atom. The van der Waals surface area contributed by atoms with Crippen molar-refractivity contribution in [2.24, 2.45) is 0 Å². The highest BCUT2D eigenvalue weighted by Gasteiger charge is 2.05. The van der Waals surface area contributed by atoms with Crippen LogP contribution in [-0.4, -0.2) is 0 Å². The molecule has 0 aliphatic rings. The zero-order chi connectivity index (χ0) is 8.43.